The van der Waals surface area contributed by atoms with E-state index in [0.29, 0.717) is 6.42 Å². The molecule has 0 radical (unpaired) electrons. The van der Waals surface area contributed by atoms with E-state index in [2.05, 4.69) is 30.4 Å². The number of benzene rings is 1. The second-order valence-electron chi connectivity index (χ2n) is 5.52. The van der Waals surface area contributed by atoms with Crippen LogP contribution < -0.4 is 5.32 Å². The first kappa shape index (κ1) is 13.1. The van der Waals surface area contributed by atoms with Gasteiger partial charge in [0.25, 0.3) is 0 Å². The first-order chi connectivity index (χ1) is 8.79. The van der Waals surface area contributed by atoms with Gasteiger partial charge < -0.3 is 5.32 Å². The number of hydrogen-bond acceptors (Lipinski definition) is 2. The number of nitriles is 1. The third kappa shape index (κ3) is 3.58. The minimum Gasteiger partial charge on any atom is -0.309 e. The Morgan fingerprint density at radius 1 is 1.33 bits per heavy atom. The maximum atomic E-state index is 8.94. The van der Waals surface area contributed by atoms with Gasteiger partial charge in [0, 0.05) is 6.04 Å². The molecule has 2 heteroatoms. The van der Waals surface area contributed by atoms with Crippen molar-refractivity contribution in [3.63, 3.8) is 0 Å². The van der Waals surface area contributed by atoms with Crippen LogP contribution in [0.1, 0.15) is 44.2 Å². The van der Waals surface area contributed by atoms with Crippen molar-refractivity contribution >= 4 is 0 Å². The topological polar surface area (TPSA) is 35.8 Å². The zero-order chi connectivity index (χ0) is 12.8. The third-order valence-corrected chi connectivity index (χ3v) is 3.95. The van der Waals surface area contributed by atoms with Crippen LogP contribution in [-0.4, -0.2) is 6.54 Å². The Hall–Kier alpha value is -1.33. The summed E-state index contributed by atoms with van der Waals surface area (Å²) in [6.45, 7) is 3.38. The average Bonchev–Trinajstić information content (AvgIpc) is 2.81. The summed E-state index contributed by atoms with van der Waals surface area (Å²) in [5.74, 6) is 1.67. The fraction of sp³-hybridized carbons (Fsp3) is 0.562. The summed E-state index contributed by atoms with van der Waals surface area (Å²) in [4.78, 5) is 0. The van der Waals surface area contributed by atoms with E-state index in [4.69, 9.17) is 5.26 Å². The summed E-state index contributed by atoms with van der Waals surface area (Å²) >= 11 is 0. The highest BCUT2D eigenvalue weighted by Crippen LogP contribution is 2.30. The fourth-order valence-corrected chi connectivity index (χ4v) is 2.90. The Labute approximate surface area is 110 Å². The highest BCUT2D eigenvalue weighted by atomic mass is 14.9. The van der Waals surface area contributed by atoms with Crippen LogP contribution in [0.25, 0.3) is 0 Å². The summed E-state index contributed by atoms with van der Waals surface area (Å²) in [7, 11) is 0. The minimum absolute atomic E-state index is 0.187. The first-order valence-electron chi connectivity index (χ1n) is 6.95. The summed E-state index contributed by atoms with van der Waals surface area (Å²) in [5.41, 5.74) is 1.23. The van der Waals surface area contributed by atoms with Gasteiger partial charge in [-0.1, -0.05) is 43.7 Å². The van der Waals surface area contributed by atoms with Gasteiger partial charge in [-0.15, -0.1) is 0 Å². The van der Waals surface area contributed by atoms with E-state index in [-0.39, 0.29) is 6.04 Å². The standard InChI is InChI=1S/C16H22N2/c1-13-7-8-14(11-13)12-18-16(9-10-17)15-5-3-2-4-6-15/h2-6,13-14,16,18H,7-9,11-12H2,1H3. The molecule has 2 nitrogen and oxygen atoms in total. The van der Waals surface area contributed by atoms with Crippen molar-refractivity contribution in [2.24, 2.45) is 11.8 Å². The van der Waals surface area contributed by atoms with Gasteiger partial charge in [-0.3, -0.25) is 0 Å². The second kappa shape index (κ2) is 6.56. The normalized spacial score (nSPS) is 24.7. The number of nitrogens with zero attached hydrogens (tertiary/aromatic N) is 1. The number of rotatable bonds is 5. The molecule has 0 aromatic heterocycles. The van der Waals surface area contributed by atoms with Crippen LogP contribution in [0.5, 0.6) is 0 Å². The molecule has 2 rings (SSSR count). The van der Waals surface area contributed by atoms with E-state index in [0.717, 1.165) is 18.4 Å². The molecule has 1 aromatic carbocycles. The first-order valence-corrected chi connectivity index (χ1v) is 6.95. The van der Waals surface area contributed by atoms with Crippen molar-refractivity contribution in [3.8, 4) is 6.07 Å². The van der Waals surface area contributed by atoms with Gasteiger partial charge in [0.05, 0.1) is 12.5 Å². The molecular formula is C16H22N2. The van der Waals surface area contributed by atoms with E-state index in [1.165, 1.54) is 24.8 Å². The van der Waals surface area contributed by atoms with E-state index < -0.39 is 0 Å². The van der Waals surface area contributed by atoms with Crippen LogP contribution in [0.15, 0.2) is 30.3 Å². The maximum Gasteiger partial charge on any atom is 0.0641 e. The highest BCUT2D eigenvalue weighted by molar-refractivity contribution is 5.19. The summed E-state index contributed by atoms with van der Waals surface area (Å²) in [5, 5.41) is 12.5. The van der Waals surface area contributed by atoms with E-state index in [1.807, 2.05) is 18.2 Å². The quantitative estimate of drug-likeness (QED) is 0.855. The molecule has 0 saturated heterocycles. The van der Waals surface area contributed by atoms with Gasteiger partial charge in [0.15, 0.2) is 0 Å². The highest BCUT2D eigenvalue weighted by Gasteiger charge is 2.22. The Balaban J connectivity index is 1.89. The van der Waals surface area contributed by atoms with Gasteiger partial charge in [-0.05, 0) is 36.8 Å². The zero-order valence-corrected chi connectivity index (χ0v) is 11.1. The minimum atomic E-state index is 0.187. The van der Waals surface area contributed by atoms with Crippen LogP contribution in [0.3, 0.4) is 0 Å². The molecule has 1 aliphatic rings. The molecule has 0 heterocycles. The van der Waals surface area contributed by atoms with E-state index in [1.54, 1.807) is 0 Å². The molecule has 1 N–H and O–H groups in total. The molecular weight excluding hydrogens is 220 g/mol. The fourth-order valence-electron chi connectivity index (χ4n) is 2.90. The van der Waals surface area contributed by atoms with Gasteiger partial charge >= 0.3 is 0 Å². The van der Waals surface area contributed by atoms with Crippen LogP contribution in [-0.2, 0) is 0 Å². The van der Waals surface area contributed by atoms with Crippen molar-refractivity contribution in [2.75, 3.05) is 6.54 Å². The van der Waals surface area contributed by atoms with Crippen molar-refractivity contribution in [2.45, 2.75) is 38.6 Å². The molecule has 18 heavy (non-hydrogen) atoms. The molecule has 1 saturated carbocycles. The van der Waals surface area contributed by atoms with Crippen molar-refractivity contribution < 1.29 is 0 Å². The largest absolute Gasteiger partial charge is 0.309 e. The lowest BCUT2D eigenvalue weighted by Crippen LogP contribution is -2.26. The molecule has 3 atom stereocenters. The molecule has 1 aromatic rings. The smallest absolute Gasteiger partial charge is 0.0641 e. The number of nitrogens with one attached hydrogen (secondary N) is 1. The molecule has 0 aliphatic heterocycles. The van der Waals surface area contributed by atoms with Crippen molar-refractivity contribution in [1.82, 2.24) is 5.32 Å². The summed E-state index contributed by atoms with van der Waals surface area (Å²) in [6, 6.07) is 12.8. The molecule has 0 amide bonds. The Bertz CT molecular complexity index is 393. The average molecular weight is 242 g/mol. The van der Waals surface area contributed by atoms with Gasteiger partial charge in [-0.2, -0.15) is 5.26 Å². The lowest BCUT2D eigenvalue weighted by Gasteiger charge is -2.19. The lowest BCUT2D eigenvalue weighted by molar-refractivity contribution is 0.430. The van der Waals surface area contributed by atoms with Gasteiger partial charge in [-0.25, -0.2) is 0 Å². The van der Waals surface area contributed by atoms with Crippen molar-refractivity contribution in [1.29, 1.82) is 5.26 Å². The Kier molecular flexibility index (Phi) is 4.78. The van der Waals surface area contributed by atoms with Crippen molar-refractivity contribution in [3.05, 3.63) is 35.9 Å². The van der Waals surface area contributed by atoms with Crippen LogP contribution in [0, 0.1) is 23.2 Å². The number of hydrogen-bond donors (Lipinski definition) is 1. The van der Waals surface area contributed by atoms with Gasteiger partial charge in [0.2, 0.25) is 0 Å². The second-order valence-corrected chi connectivity index (χ2v) is 5.52. The molecule has 3 unspecified atom stereocenters. The molecule has 0 bridgehead atoms. The lowest BCUT2D eigenvalue weighted by atomic mass is 10.0. The Morgan fingerprint density at radius 2 is 2.11 bits per heavy atom. The van der Waals surface area contributed by atoms with E-state index >= 15 is 0 Å². The zero-order valence-electron chi connectivity index (χ0n) is 11.1. The maximum absolute atomic E-state index is 8.94. The summed E-state index contributed by atoms with van der Waals surface area (Å²) in [6.07, 6.45) is 4.58. The van der Waals surface area contributed by atoms with Crippen LogP contribution in [0.4, 0.5) is 0 Å². The molecule has 1 fully saturated rings. The predicted octanol–water partition coefficient (Wildman–Crippen LogP) is 3.67. The van der Waals surface area contributed by atoms with Crippen LogP contribution >= 0.6 is 0 Å². The molecule has 96 valence electrons. The summed E-state index contributed by atoms with van der Waals surface area (Å²) < 4.78 is 0. The monoisotopic (exact) mass is 242 g/mol. The predicted molar refractivity (Wildman–Crippen MR) is 73.9 cm³/mol. The van der Waals surface area contributed by atoms with Crippen LogP contribution in [0.2, 0.25) is 0 Å². The van der Waals surface area contributed by atoms with Gasteiger partial charge in [0.1, 0.15) is 0 Å². The molecule has 0 spiro atoms. The third-order valence-electron chi connectivity index (χ3n) is 3.95. The molecule has 1 aliphatic carbocycles. The SMILES string of the molecule is CC1CCC(CNC(CC#N)c2ccccc2)C1. The Morgan fingerprint density at radius 3 is 2.72 bits per heavy atom. The van der Waals surface area contributed by atoms with E-state index in [9.17, 15) is 0 Å².